The average molecular weight is 200 g/mol. The normalized spacial score (nSPS) is 14.0. The SMILES string of the molecule is C=CCCCC(CC(C)(C)OC)NN. The Morgan fingerprint density at radius 1 is 1.57 bits per heavy atom. The second kappa shape index (κ2) is 6.98. The van der Waals surface area contributed by atoms with Crippen LogP contribution in [0.25, 0.3) is 0 Å². The Labute approximate surface area is 87.7 Å². The molecule has 0 saturated carbocycles. The summed E-state index contributed by atoms with van der Waals surface area (Å²) in [6.07, 6.45) is 6.10. The molecule has 84 valence electrons. The van der Waals surface area contributed by atoms with Crippen molar-refractivity contribution in [3.8, 4) is 0 Å². The van der Waals surface area contributed by atoms with Crippen LogP contribution in [0.3, 0.4) is 0 Å². The van der Waals surface area contributed by atoms with E-state index in [0.29, 0.717) is 6.04 Å². The lowest BCUT2D eigenvalue weighted by Crippen LogP contribution is -2.41. The lowest BCUT2D eigenvalue weighted by molar-refractivity contribution is 0.00623. The summed E-state index contributed by atoms with van der Waals surface area (Å²) < 4.78 is 5.36. The first-order valence-electron chi connectivity index (χ1n) is 5.18. The van der Waals surface area contributed by atoms with E-state index in [-0.39, 0.29) is 5.60 Å². The topological polar surface area (TPSA) is 47.3 Å². The van der Waals surface area contributed by atoms with Crippen LogP contribution < -0.4 is 11.3 Å². The van der Waals surface area contributed by atoms with Crippen molar-refractivity contribution in [1.29, 1.82) is 0 Å². The molecule has 1 atom stereocenters. The highest BCUT2D eigenvalue weighted by molar-refractivity contribution is 4.78. The average Bonchev–Trinajstić information content (AvgIpc) is 2.16. The van der Waals surface area contributed by atoms with Crippen molar-refractivity contribution in [2.75, 3.05) is 7.11 Å². The molecule has 0 aromatic heterocycles. The highest BCUT2D eigenvalue weighted by atomic mass is 16.5. The second-order valence-corrected chi connectivity index (χ2v) is 4.25. The standard InChI is InChI=1S/C11H24N2O/c1-5-6-7-8-10(13-12)9-11(2,3)14-4/h5,10,13H,1,6-9,12H2,2-4H3. The maximum atomic E-state index is 5.49. The summed E-state index contributed by atoms with van der Waals surface area (Å²) in [6, 6.07) is 0.324. The number of rotatable bonds is 8. The van der Waals surface area contributed by atoms with Gasteiger partial charge in [-0.25, -0.2) is 0 Å². The van der Waals surface area contributed by atoms with Crippen molar-refractivity contribution in [2.45, 2.75) is 51.2 Å². The smallest absolute Gasteiger partial charge is 0.0638 e. The first kappa shape index (κ1) is 13.6. The minimum Gasteiger partial charge on any atom is -0.379 e. The van der Waals surface area contributed by atoms with E-state index in [4.69, 9.17) is 10.6 Å². The van der Waals surface area contributed by atoms with Crippen LogP contribution >= 0.6 is 0 Å². The van der Waals surface area contributed by atoms with Crippen LogP contribution in [0.15, 0.2) is 12.7 Å². The predicted molar refractivity (Wildman–Crippen MR) is 60.9 cm³/mol. The van der Waals surface area contributed by atoms with E-state index >= 15 is 0 Å². The van der Waals surface area contributed by atoms with Crippen LogP contribution in [0.1, 0.15) is 39.5 Å². The quantitative estimate of drug-likeness (QED) is 0.273. The molecule has 0 aromatic carbocycles. The molecule has 3 heteroatoms. The van der Waals surface area contributed by atoms with Crippen molar-refractivity contribution in [3.05, 3.63) is 12.7 Å². The van der Waals surface area contributed by atoms with E-state index < -0.39 is 0 Å². The van der Waals surface area contributed by atoms with E-state index in [1.54, 1.807) is 7.11 Å². The number of allylic oxidation sites excluding steroid dienone is 1. The molecule has 14 heavy (non-hydrogen) atoms. The highest BCUT2D eigenvalue weighted by Gasteiger charge is 2.21. The molecule has 0 aromatic rings. The Bertz CT molecular complexity index is 157. The van der Waals surface area contributed by atoms with Gasteiger partial charge >= 0.3 is 0 Å². The summed E-state index contributed by atoms with van der Waals surface area (Å²) in [5, 5.41) is 0. The minimum absolute atomic E-state index is 0.106. The molecule has 0 aliphatic heterocycles. The molecular formula is C11H24N2O. The van der Waals surface area contributed by atoms with E-state index in [9.17, 15) is 0 Å². The molecule has 0 bridgehead atoms. The van der Waals surface area contributed by atoms with Crippen molar-refractivity contribution in [3.63, 3.8) is 0 Å². The molecule has 0 fully saturated rings. The fraction of sp³-hybridized carbons (Fsp3) is 0.818. The number of nitrogens with two attached hydrogens (primary N) is 1. The summed E-state index contributed by atoms with van der Waals surface area (Å²) >= 11 is 0. The van der Waals surface area contributed by atoms with Crippen LogP contribution in [0, 0.1) is 0 Å². The Hall–Kier alpha value is -0.380. The zero-order valence-corrected chi connectivity index (χ0v) is 9.68. The Morgan fingerprint density at radius 3 is 2.64 bits per heavy atom. The number of hydrogen-bond donors (Lipinski definition) is 2. The van der Waals surface area contributed by atoms with Gasteiger partial charge in [0.05, 0.1) is 5.60 Å². The van der Waals surface area contributed by atoms with Gasteiger partial charge in [-0.3, -0.25) is 11.3 Å². The monoisotopic (exact) mass is 200 g/mol. The Balaban J connectivity index is 3.83. The van der Waals surface area contributed by atoms with Crippen molar-refractivity contribution < 1.29 is 4.74 Å². The third-order valence-corrected chi connectivity index (χ3v) is 2.49. The van der Waals surface area contributed by atoms with Gasteiger partial charge in [-0.15, -0.1) is 6.58 Å². The number of ether oxygens (including phenoxy) is 1. The van der Waals surface area contributed by atoms with E-state index in [1.807, 2.05) is 6.08 Å². The molecule has 0 heterocycles. The van der Waals surface area contributed by atoms with Gasteiger partial charge in [-0.1, -0.05) is 6.08 Å². The molecule has 1 unspecified atom stereocenters. The molecular weight excluding hydrogens is 176 g/mol. The van der Waals surface area contributed by atoms with E-state index in [1.165, 1.54) is 0 Å². The predicted octanol–water partition coefficient (Wildman–Crippen LogP) is 1.99. The fourth-order valence-corrected chi connectivity index (χ4v) is 1.43. The number of nitrogens with one attached hydrogen (secondary N) is 1. The molecule has 0 saturated heterocycles. The van der Waals surface area contributed by atoms with Gasteiger partial charge in [0.1, 0.15) is 0 Å². The molecule has 0 radical (unpaired) electrons. The Kier molecular flexibility index (Phi) is 6.79. The first-order chi connectivity index (χ1) is 6.55. The molecule has 0 aliphatic rings. The zero-order valence-electron chi connectivity index (χ0n) is 9.68. The number of methoxy groups -OCH3 is 1. The van der Waals surface area contributed by atoms with Gasteiger partial charge in [0.25, 0.3) is 0 Å². The van der Waals surface area contributed by atoms with Gasteiger partial charge < -0.3 is 4.74 Å². The molecule has 3 nitrogen and oxygen atoms in total. The summed E-state index contributed by atoms with van der Waals surface area (Å²) in [4.78, 5) is 0. The van der Waals surface area contributed by atoms with Gasteiger partial charge in [-0.2, -0.15) is 0 Å². The summed E-state index contributed by atoms with van der Waals surface area (Å²) in [5.74, 6) is 5.49. The number of unbranched alkanes of at least 4 members (excludes halogenated alkanes) is 1. The summed E-state index contributed by atoms with van der Waals surface area (Å²) in [6.45, 7) is 7.85. The minimum atomic E-state index is -0.106. The molecule has 0 aliphatic carbocycles. The number of hydrogen-bond acceptors (Lipinski definition) is 3. The maximum absolute atomic E-state index is 5.49. The van der Waals surface area contributed by atoms with E-state index in [2.05, 4.69) is 25.9 Å². The molecule has 0 amide bonds. The van der Waals surface area contributed by atoms with Crippen LogP contribution in [0.5, 0.6) is 0 Å². The molecule has 3 N–H and O–H groups in total. The van der Waals surface area contributed by atoms with Gasteiger partial charge in [-0.05, 0) is 39.5 Å². The third-order valence-electron chi connectivity index (χ3n) is 2.49. The van der Waals surface area contributed by atoms with E-state index in [0.717, 1.165) is 25.7 Å². The summed E-state index contributed by atoms with van der Waals surface area (Å²) in [7, 11) is 1.73. The zero-order chi connectivity index (χ0) is 11.0. The van der Waals surface area contributed by atoms with Crippen LogP contribution in [0.2, 0.25) is 0 Å². The summed E-state index contributed by atoms with van der Waals surface area (Å²) in [5.41, 5.74) is 2.73. The van der Waals surface area contributed by atoms with Gasteiger partial charge in [0.15, 0.2) is 0 Å². The largest absolute Gasteiger partial charge is 0.379 e. The first-order valence-corrected chi connectivity index (χ1v) is 5.18. The lowest BCUT2D eigenvalue weighted by atomic mass is 9.95. The van der Waals surface area contributed by atoms with Crippen LogP contribution in [-0.4, -0.2) is 18.8 Å². The lowest BCUT2D eigenvalue weighted by Gasteiger charge is -2.28. The van der Waals surface area contributed by atoms with Crippen molar-refractivity contribution >= 4 is 0 Å². The van der Waals surface area contributed by atoms with Crippen molar-refractivity contribution in [2.24, 2.45) is 5.84 Å². The maximum Gasteiger partial charge on any atom is 0.0638 e. The van der Waals surface area contributed by atoms with Gasteiger partial charge in [0.2, 0.25) is 0 Å². The third kappa shape index (κ3) is 6.13. The fourth-order valence-electron chi connectivity index (χ4n) is 1.43. The van der Waals surface area contributed by atoms with Gasteiger partial charge in [0, 0.05) is 13.2 Å². The van der Waals surface area contributed by atoms with Crippen molar-refractivity contribution in [1.82, 2.24) is 5.43 Å². The van der Waals surface area contributed by atoms with Crippen LogP contribution in [-0.2, 0) is 4.74 Å². The highest BCUT2D eigenvalue weighted by Crippen LogP contribution is 2.18. The molecule has 0 spiro atoms. The number of hydrazine groups is 1. The molecule has 0 rings (SSSR count). The second-order valence-electron chi connectivity index (χ2n) is 4.25. The Morgan fingerprint density at radius 2 is 2.21 bits per heavy atom. The van der Waals surface area contributed by atoms with Crippen LogP contribution in [0.4, 0.5) is 0 Å².